The van der Waals surface area contributed by atoms with Crippen molar-refractivity contribution < 1.29 is 9.47 Å². The van der Waals surface area contributed by atoms with E-state index in [1.807, 2.05) is 0 Å². The Morgan fingerprint density at radius 3 is 2.44 bits per heavy atom. The van der Waals surface area contributed by atoms with Gasteiger partial charge in [-0.2, -0.15) is 0 Å². The maximum Gasteiger partial charge on any atom is 0.194 e. The molecule has 1 N–H and O–H groups in total. The molecule has 0 spiro atoms. The third kappa shape index (κ3) is 1.16. The molecule has 3 nitrogen and oxygen atoms in total. The van der Waals surface area contributed by atoms with Crippen LogP contribution in [0.15, 0.2) is 12.3 Å². The molecule has 50 valence electrons. The molecule has 1 aromatic rings. The zero-order valence-corrected chi connectivity index (χ0v) is 5.47. The average molecular weight is 127 g/mol. The zero-order chi connectivity index (χ0) is 6.69. The van der Waals surface area contributed by atoms with Gasteiger partial charge in [-0.1, -0.05) is 0 Å². The molecular weight excluding hydrogens is 118 g/mol. The van der Waals surface area contributed by atoms with Crippen molar-refractivity contribution in [1.29, 1.82) is 0 Å². The van der Waals surface area contributed by atoms with E-state index in [4.69, 9.17) is 9.47 Å². The van der Waals surface area contributed by atoms with Crippen molar-refractivity contribution in [2.24, 2.45) is 0 Å². The third-order valence-corrected chi connectivity index (χ3v) is 1.09. The molecule has 0 radical (unpaired) electrons. The van der Waals surface area contributed by atoms with E-state index in [-0.39, 0.29) is 0 Å². The molecule has 0 aliphatic heterocycles. The van der Waals surface area contributed by atoms with Gasteiger partial charge in [-0.15, -0.1) is 0 Å². The number of H-pyrrole nitrogens is 1. The van der Waals surface area contributed by atoms with Gasteiger partial charge in [0.25, 0.3) is 0 Å². The van der Waals surface area contributed by atoms with E-state index in [2.05, 4.69) is 4.98 Å². The summed E-state index contributed by atoms with van der Waals surface area (Å²) in [5.41, 5.74) is 0. The molecule has 0 atom stereocenters. The van der Waals surface area contributed by atoms with E-state index in [0.29, 0.717) is 5.88 Å². The van der Waals surface area contributed by atoms with Gasteiger partial charge in [0.1, 0.15) is 5.75 Å². The van der Waals surface area contributed by atoms with Crippen LogP contribution in [0.5, 0.6) is 11.6 Å². The minimum atomic E-state index is 0.715. The molecule has 1 heterocycles. The summed E-state index contributed by atoms with van der Waals surface area (Å²) in [6.45, 7) is 0. The highest BCUT2D eigenvalue weighted by Crippen LogP contribution is 2.16. The fourth-order valence-electron chi connectivity index (χ4n) is 0.591. The lowest BCUT2D eigenvalue weighted by molar-refractivity contribution is 0.396. The molecule has 9 heavy (non-hydrogen) atoms. The molecule has 0 fully saturated rings. The van der Waals surface area contributed by atoms with Crippen LogP contribution in [0.2, 0.25) is 0 Å². The minimum absolute atomic E-state index is 0.715. The Morgan fingerprint density at radius 1 is 1.33 bits per heavy atom. The first-order valence-electron chi connectivity index (χ1n) is 2.63. The fraction of sp³-hybridized carbons (Fsp3) is 0.333. The molecular formula is C6H9NO2. The maximum atomic E-state index is 4.89. The summed E-state index contributed by atoms with van der Waals surface area (Å²) in [5, 5.41) is 0. The Morgan fingerprint density at radius 2 is 2.11 bits per heavy atom. The van der Waals surface area contributed by atoms with Crippen LogP contribution < -0.4 is 9.47 Å². The van der Waals surface area contributed by atoms with E-state index in [9.17, 15) is 0 Å². The number of hydrogen-bond donors (Lipinski definition) is 1. The summed E-state index contributed by atoms with van der Waals surface area (Å²) in [4.78, 5) is 2.86. The number of nitrogens with one attached hydrogen (secondary N) is 1. The number of aromatic nitrogens is 1. The molecule has 0 aliphatic rings. The molecule has 0 bridgehead atoms. The van der Waals surface area contributed by atoms with Gasteiger partial charge in [0.15, 0.2) is 5.88 Å². The topological polar surface area (TPSA) is 34.2 Å². The molecule has 0 aromatic carbocycles. The second-order valence-corrected chi connectivity index (χ2v) is 1.61. The van der Waals surface area contributed by atoms with Gasteiger partial charge in [0.2, 0.25) is 0 Å². The standard InChI is InChI=1S/C6H9NO2/c1-8-5-3-6(9-2)7-4-5/h3-4,7H,1-2H3. The van der Waals surface area contributed by atoms with Crippen molar-refractivity contribution in [1.82, 2.24) is 4.98 Å². The van der Waals surface area contributed by atoms with Crippen LogP contribution in [0.1, 0.15) is 0 Å². The van der Waals surface area contributed by atoms with Crippen LogP contribution >= 0.6 is 0 Å². The molecule has 0 saturated heterocycles. The van der Waals surface area contributed by atoms with Crippen LogP contribution in [0.4, 0.5) is 0 Å². The molecule has 1 rings (SSSR count). The summed E-state index contributed by atoms with van der Waals surface area (Å²) >= 11 is 0. The maximum absolute atomic E-state index is 4.89. The Labute approximate surface area is 53.6 Å². The summed E-state index contributed by atoms with van der Waals surface area (Å²) in [5.74, 6) is 1.50. The minimum Gasteiger partial charge on any atom is -0.495 e. The number of ether oxygens (including phenoxy) is 2. The lowest BCUT2D eigenvalue weighted by Gasteiger charge is -1.89. The van der Waals surface area contributed by atoms with Crippen LogP contribution in [0.3, 0.4) is 0 Å². The Kier molecular flexibility index (Phi) is 1.63. The third-order valence-electron chi connectivity index (χ3n) is 1.09. The van der Waals surface area contributed by atoms with Gasteiger partial charge in [0.05, 0.1) is 14.2 Å². The van der Waals surface area contributed by atoms with Crippen molar-refractivity contribution in [3.8, 4) is 11.6 Å². The summed E-state index contributed by atoms with van der Waals surface area (Å²) < 4.78 is 9.75. The molecule has 0 aliphatic carbocycles. The average Bonchev–Trinajstić information content (AvgIpc) is 2.34. The second kappa shape index (κ2) is 2.44. The van der Waals surface area contributed by atoms with E-state index >= 15 is 0 Å². The quantitative estimate of drug-likeness (QED) is 0.643. The first-order chi connectivity index (χ1) is 4.36. The molecule has 0 unspecified atom stereocenters. The van der Waals surface area contributed by atoms with Crippen molar-refractivity contribution in [3.05, 3.63) is 12.3 Å². The van der Waals surface area contributed by atoms with Gasteiger partial charge in [0, 0.05) is 12.3 Å². The molecule has 1 aromatic heterocycles. The first kappa shape index (κ1) is 6.01. The van der Waals surface area contributed by atoms with Gasteiger partial charge < -0.3 is 14.5 Å². The smallest absolute Gasteiger partial charge is 0.194 e. The van der Waals surface area contributed by atoms with Crippen LogP contribution in [0, 0.1) is 0 Å². The van der Waals surface area contributed by atoms with Crippen molar-refractivity contribution in [2.75, 3.05) is 14.2 Å². The highest BCUT2D eigenvalue weighted by atomic mass is 16.5. The van der Waals surface area contributed by atoms with Gasteiger partial charge in [-0.3, -0.25) is 0 Å². The molecule has 0 saturated carbocycles. The van der Waals surface area contributed by atoms with Crippen LogP contribution in [0.25, 0.3) is 0 Å². The summed E-state index contributed by atoms with van der Waals surface area (Å²) in [6, 6.07) is 1.78. The molecule has 3 heteroatoms. The SMILES string of the molecule is COc1c[nH]c(OC)c1. The van der Waals surface area contributed by atoms with E-state index in [1.54, 1.807) is 26.5 Å². The van der Waals surface area contributed by atoms with E-state index in [1.165, 1.54) is 0 Å². The molecule has 0 amide bonds. The number of aromatic amines is 1. The summed E-state index contributed by atoms with van der Waals surface area (Å²) in [7, 11) is 3.22. The fourth-order valence-corrected chi connectivity index (χ4v) is 0.591. The predicted octanol–water partition coefficient (Wildman–Crippen LogP) is 1.03. The lowest BCUT2D eigenvalue weighted by Crippen LogP contribution is -1.79. The van der Waals surface area contributed by atoms with Crippen LogP contribution in [-0.4, -0.2) is 19.2 Å². The van der Waals surface area contributed by atoms with Crippen molar-refractivity contribution in [3.63, 3.8) is 0 Å². The lowest BCUT2D eigenvalue weighted by atomic mass is 10.6. The van der Waals surface area contributed by atoms with E-state index in [0.717, 1.165) is 5.75 Å². The van der Waals surface area contributed by atoms with Crippen LogP contribution in [-0.2, 0) is 0 Å². The summed E-state index contributed by atoms with van der Waals surface area (Å²) in [6.07, 6.45) is 1.73. The second-order valence-electron chi connectivity index (χ2n) is 1.61. The van der Waals surface area contributed by atoms with E-state index < -0.39 is 0 Å². The van der Waals surface area contributed by atoms with Gasteiger partial charge in [-0.05, 0) is 0 Å². The Hall–Kier alpha value is -1.12. The number of rotatable bonds is 2. The monoisotopic (exact) mass is 127 g/mol. The number of hydrogen-bond acceptors (Lipinski definition) is 2. The van der Waals surface area contributed by atoms with Gasteiger partial charge >= 0.3 is 0 Å². The Bertz CT molecular complexity index is 164. The highest BCUT2D eigenvalue weighted by Gasteiger charge is 1.94. The number of methoxy groups -OCH3 is 2. The zero-order valence-electron chi connectivity index (χ0n) is 5.47. The Balaban J connectivity index is 2.74. The highest BCUT2D eigenvalue weighted by molar-refractivity contribution is 5.26. The van der Waals surface area contributed by atoms with Crippen molar-refractivity contribution in [2.45, 2.75) is 0 Å². The first-order valence-corrected chi connectivity index (χ1v) is 2.63. The van der Waals surface area contributed by atoms with Crippen molar-refractivity contribution >= 4 is 0 Å². The van der Waals surface area contributed by atoms with Gasteiger partial charge in [-0.25, -0.2) is 0 Å². The predicted molar refractivity (Wildman–Crippen MR) is 33.9 cm³/mol. The largest absolute Gasteiger partial charge is 0.495 e. The normalized spacial score (nSPS) is 9.11.